The Labute approximate surface area is 117 Å². The average Bonchev–Trinajstić information content (AvgIpc) is 2.88. The molecule has 1 heterocycles. The molecule has 0 aliphatic carbocycles. The lowest BCUT2D eigenvalue weighted by Crippen LogP contribution is -2.05. The highest BCUT2D eigenvalue weighted by atomic mass is 35.5. The molecule has 19 heavy (non-hydrogen) atoms. The molecule has 2 aromatic rings. The lowest BCUT2D eigenvalue weighted by Gasteiger charge is -2.05. The zero-order chi connectivity index (χ0) is 13.2. The van der Waals surface area contributed by atoms with Crippen LogP contribution in [0.15, 0.2) is 42.5 Å². The fraction of sp³-hybridized carbons (Fsp3) is 0.188. The summed E-state index contributed by atoms with van der Waals surface area (Å²) in [7, 11) is 0. The first-order chi connectivity index (χ1) is 9.24. The van der Waals surface area contributed by atoms with Crippen molar-refractivity contribution in [1.29, 1.82) is 0 Å². The smallest absolute Gasteiger partial charge is 0.167 e. The fourth-order valence-electron chi connectivity index (χ4n) is 2.39. The van der Waals surface area contributed by atoms with Crippen LogP contribution in [0.1, 0.15) is 27.0 Å². The number of Topliss-reactive ketones (excluding diaryl/α,β-unsaturated/α-hetero) is 1. The van der Waals surface area contributed by atoms with Crippen LogP contribution in [0.5, 0.6) is 0 Å². The molecule has 1 aliphatic rings. The third-order valence-corrected chi connectivity index (χ3v) is 3.84. The molecule has 2 nitrogen and oxygen atoms in total. The van der Waals surface area contributed by atoms with Gasteiger partial charge in [0, 0.05) is 30.1 Å². The van der Waals surface area contributed by atoms with Crippen molar-refractivity contribution in [2.24, 2.45) is 0 Å². The zero-order valence-corrected chi connectivity index (χ0v) is 11.2. The largest absolute Gasteiger partial charge is 0.309 e. The number of ketones is 1. The Morgan fingerprint density at radius 2 is 1.89 bits per heavy atom. The summed E-state index contributed by atoms with van der Waals surface area (Å²) in [6, 6.07) is 13.4. The van der Waals surface area contributed by atoms with Gasteiger partial charge in [0.25, 0.3) is 0 Å². The van der Waals surface area contributed by atoms with Crippen LogP contribution in [0.3, 0.4) is 0 Å². The van der Waals surface area contributed by atoms with Crippen molar-refractivity contribution in [3.8, 4) is 0 Å². The van der Waals surface area contributed by atoms with Gasteiger partial charge in [0.1, 0.15) is 0 Å². The van der Waals surface area contributed by atoms with Crippen LogP contribution in [-0.2, 0) is 19.5 Å². The molecule has 96 valence electrons. The second-order valence-corrected chi connectivity index (χ2v) is 5.19. The monoisotopic (exact) mass is 271 g/mol. The van der Waals surface area contributed by atoms with E-state index in [1.54, 1.807) is 0 Å². The molecular formula is C16H14ClNO. The minimum atomic E-state index is 0.114. The number of nitrogens with one attached hydrogen (secondary N) is 1. The normalized spacial score (nSPS) is 13.3. The van der Waals surface area contributed by atoms with Crippen LogP contribution in [0.25, 0.3) is 0 Å². The first-order valence-corrected chi connectivity index (χ1v) is 6.71. The summed E-state index contributed by atoms with van der Waals surface area (Å²) < 4.78 is 0. The Morgan fingerprint density at radius 1 is 1.11 bits per heavy atom. The van der Waals surface area contributed by atoms with Crippen molar-refractivity contribution >= 4 is 17.4 Å². The van der Waals surface area contributed by atoms with E-state index < -0.39 is 0 Å². The highest BCUT2D eigenvalue weighted by Crippen LogP contribution is 2.20. The summed E-state index contributed by atoms with van der Waals surface area (Å²) in [5.41, 5.74) is 4.16. The van der Waals surface area contributed by atoms with Gasteiger partial charge in [-0.25, -0.2) is 0 Å². The Balaban J connectivity index is 1.83. The molecule has 0 spiro atoms. The molecule has 0 radical (unpaired) electrons. The summed E-state index contributed by atoms with van der Waals surface area (Å²) in [5.74, 6) is 0.114. The van der Waals surface area contributed by atoms with Crippen molar-refractivity contribution < 1.29 is 4.79 Å². The number of hydrogen-bond donors (Lipinski definition) is 1. The van der Waals surface area contributed by atoms with E-state index in [0.717, 1.165) is 24.2 Å². The van der Waals surface area contributed by atoms with Gasteiger partial charge in [-0.05, 0) is 28.8 Å². The van der Waals surface area contributed by atoms with E-state index in [4.69, 9.17) is 11.6 Å². The maximum atomic E-state index is 12.3. The lowest BCUT2D eigenvalue weighted by molar-refractivity contribution is 0.0993. The highest BCUT2D eigenvalue weighted by molar-refractivity contribution is 6.31. The van der Waals surface area contributed by atoms with Crippen LogP contribution in [0.4, 0.5) is 0 Å². The van der Waals surface area contributed by atoms with Gasteiger partial charge in [-0.15, -0.1) is 0 Å². The molecule has 0 fully saturated rings. The van der Waals surface area contributed by atoms with Crippen molar-refractivity contribution in [2.75, 3.05) is 0 Å². The molecule has 0 unspecified atom stereocenters. The van der Waals surface area contributed by atoms with Gasteiger partial charge in [0.15, 0.2) is 5.78 Å². The Morgan fingerprint density at radius 3 is 2.74 bits per heavy atom. The van der Waals surface area contributed by atoms with E-state index in [1.807, 2.05) is 42.5 Å². The Hall–Kier alpha value is -1.64. The molecule has 0 saturated heterocycles. The zero-order valence-electron chi connectivity index (χ0n) is 10.4. The summed E-state index contributed by atoms with van der Waals surface area (Å²) >= 11 is 6.09. The number of fused-ring (bicyclic) bond motifs is 1. The molecule has 2 aromatic carbocycles. The lowest BCUT2D eigenvalue weighted by atomic mass is 9.99. The van der Waals surface area contributed by atoms with E-state index >= 15 is 0 Å². The van der Waals surface area contributed by atoms with Crippen LogP contribution < -0.4 is 5.32 Å². The summed E-state index contributed by atoms with van der Waals surface area (Å²) in [6.07, 6.45) is 0.353. The summed E-state index contributed by atoms with van der Waals surface area (Å²) in [5, 5.41) is 3.93. The molecule has 0 atom stereocenters. The number of hydrogen-bond acceptors (Lipinski definition) is 2. The van der Waals surface area contributed by atoms with Crippen LogP contribution in [0.2, 0.25) is 5.02 Å². The SMILES string of the molecule is O=C(Cc1ccccc1Cl)c1ccc2c(c1)CNC2. The van der Waals surface area contributed by atoms with E-state index in [9.17, 15) is 4.79 Å². The van der Waals surface area contributed by atoms with Crippen LogP contribution in [-0.4, -0.2) is 5.78 Å². The first-order valence-electron chi connectivity index (χ1n) is 6.33. The van der Waals surface area contributed by atoms with Gasteiger partial charge in [-0.3, -0.25) is 4.79 Å². The topological polar surface area (TPSA) is 29.1 Å². The second kappa shape index (κ2) is 5.16. The maximum Gasteiger partial charge on any atom is 0.167 e. The van der Waals surface area contributed by atoms with Gasteiger partial charge in [-0.2, -0.15) is 0 Å². The van der Waals surface area contributed by atoms with E-state index in [2.05, 4.69) is 5.32 Å². The standard InChI is InChI=1S/C16H14ClNO/c17-15-4-2-1-3-11(15)8-16(19)12-5-6-13-9-18-10-14(13)7-12/h1-7,18H,8-10H2. The number of halogens is 1. The van der Waals surface area contributed by atoms with Gasteiger partial charge in [-0.1, -0.05) is 41.9 Å². The quantitative estimate of drug-likeness (QED) is 0.868. The molecule has 0 amide bonds. The molecular weight excluding hydrogens is 258 g/mol. The first kappa shape index (κ1) is 12.4. The third-order valence-electron chi connectivity index (χ3n) is 3.47. The molecule has 0 bridgehead atoms. The van der Waals surface area contributed by atoms with Crippen molar-refractivity contribution in [3.63, 3.8) is 0 Å². The molecule has 0 saturated carbocycles. The van der Waals surface area contributed by atoms with Gasteiger partial charge in [0.2, 0.25) is 0 Å². The van der Waals surface area contributed by atoms with Gasteiger partial charge in [0.05, 0.1) is 0 Å². The fourth-order valence-corrected chi connectivity index (χ4v) is 2.59. The van der Waals surface area contributed by atoms with Crippen LogP contribution in [0, 0.1) is 0 Å². The predicted molar refractivity (Wildman–Crippen MR) is 76.5 cm³/mol. The maximum absolute atomic E-state index is 12.3. The van der Waals surface area contributed by atoms with Crippen molar-refractivity contribution in [3.05, 3.63) is 69.7 Å². The number of rotatable bonds is 3. The molecule has 1 N–H and O–H groups in total. The van der Waals surface area contributed by atoms with Crippen molar-refractivity contribution in [2.45, 2.75) is 19.5 Å². The molecule has 1 aliphatic heterocycles. The molecule has 3 heteroatoms. The average molecular weight is 272 g/mol. The minimum absolute atomic E-state index is 0.114. The predicted octanol–water partition coefficient (Wildman–Crippen LogP) is 3.37. The number of carbonyl (C=O) groups excluding carboxylic acids is 1. The summed E-state index contributed by atoms with van der Waals surface area (Å²) in [6.45, 7) is 1.75. The molecule has 0 aromatic heterocycles. The van der Waals surface area contributed by atoms with Crippen LogP contribution >= 0.6 is 11.6 Å². The summed E-state index contributed by atoms with van der Waals surface area (Å²) in [4.78, 5) is 12.3. The molecule has 3 rings (SSSR count). The second-order valence-electron chi connectivity index (χ2n) is 4.78. The number of carbonyl (C=O) groups is 1. The minimum Gasteiger partial charge on any atom is -0.309 e. The Bertz CT molecular complexity index is 636. The third kappa shape index (κ3) is 2.55. The van der Waals surface area contributed by atoms with Crippen molar-refractivity contribution in [1.82, 2.24) is 5.32 Å². The highest BCUT2D eigenvalue weighted by Gasteiger charge is 2.14. The Kier molecular flexibility index (Phi) is 3.36. The number of benzene rings is 2. The van der Waals surface area contributed by atoms with E-state index in [0.29, 0.717) is 11.4 Å². The van der Waals surface area contributed by atoms with E-state index in [1.165, 1.54) is 11.1 Å². The van der Waals surface area contributed by atoms with E-state index in [-0.39, 0.29) is 5.78 Å². The van der Waals surface area contributed by atoms with Gasteiger partial charge >= 0.3 is 0 Å². The van der Waals surface area contributed by atoms with Gasteiger partial charge < -0.3 is 5.32 Å².